The predicted molar refractivity (Wildman–Crippen MR) is 74.9 cm³/mol. The molecule has 0 heterocycles. The quantitative estimate of drug-likeness (QED) is 0.835. The summed E-state index contributed by atoms with van der Waals surface area (Å²) in [7, 11) is -3.45. The number of hydrogen-bond donors (Lipinski definition) is 1. The van der Waals surface area contributed by atoms with Crippen LogP contribution in [0.3, 0.4) is 0 Å². The highest BCUT2D eigenvalue weighted by Crippen LogP contribution is 2.24. The first-order valence-electron chi connectivity index (χ1n) is 6.16. The minimum absolute atomic E-state index is 0.293. The average molecular weight is 270 g/mol. The van der Waals surface area contributed by atoms with Gasteiger partial charge in [0.25, 0.3) is 0 Å². The van der Waals surface area contributed by atoms with Crippen molar-refractivity contribution >= 4 is 15.7 Å². The predicted octanol–water partition coefficient (Wildman–Crippen LogP) is 2.24. The Morgan fingerprint density at radius 2 is 1.94 bits per heavy atom. The summed E-state index contributed by atoms with van der Waals surface area (Å²) < 4.78 is 26.6. The molecule has 0 saturated carbocycles. The summed E-state index contributed by atoms with van der Waals surface area (Å²) in [5.41, 5.74) is 6.91. The third-order valence-corrected chi connectivity index (χ3v) is 4.95. The van der Waals surface area contributed by atoms with Crippen molar-refractivity contribution in [3.63, 3.8) is 0 Å². The Bertz CT molecular complexity index is 510. The largest absolute Gasteiger partial charge is 0.398 e. The number of benzene rings is 1. The third kappa shape index (κ3) is 3.03. The standard InChI is InChI=1S/C13H22N2O2S/c1-5-15(9-10(2)3)18(16,17)13-8-6-7-12(14)11(13)4/h6-8,10H,5,9,14H2,1-4H3. The lowest BCUT2D eigenvalue weighted by atomic mass is 10.2. The van der Waals surface area contributed by atoms with Crippen LogP contribution in [0.4, 0.5) is 5.69 Å². The van der Waals surface area contributed by atoms with Gasteiger partial charge in [0.15, 0.2) is 0 Å². The van der Waals surface area contributed by atoms with Crippen LogP contribution in [0.2, 0.25) is 0 Å². The average Bonchev–Trinajstić information content (AvgIpc) is 2.28. The second-order valence-electron chi connectivity index (χ2n) is 4.82. The number of anilines is 1. The van der Waals surface area contributed by atoms with Crippen LogP contribution in [0.1, 0.15) is 26.3 Å². The van der Waals surface area contributed by atoms with E-state index in [1.807, 2.05) is 20.8 Å². The van der Waals surface area contributed by atoms with Crippen LogP contribution < -0.4 is 5.73 Å². The van der Waals surface area contributed by atoms with Crippen LogP contribution in [-0.2, 0) is 10.0 Å². The van der Waals surface area contributed by atoms with E-state index < -0.39 is 10.0 Å². The Balaban J connectivity index is 3.23. The van der Waals surface area contributed by atoms with Gasteiger partial charge in [0.1, 0.15) is 0 Å². The number of nitrogens with zero attached hydrogens (tertiary/aromatic N) is 1. The van der Waals surface area contributed by atoms with E-state index in [-0.39, 0.29) is 0 Å². The van der Waals surface area contributed by atoms with Crippen LogP contribution in [0.5, 0.6) is 0 Å². The van der Waals surface area contributed by atoms with Gasteiger partial charge in [-0.05, 0) is 30.5 Å². The molecule has 0 radical (unpaired) electrons. The molecule has 1 aromatic carbocycles. The van der Waals surface area contributed by atoms with Crippen LogP contribution in [0, 0.1) is 12.8 Å². The molecule has 0 aliphatic rings. The molecule has 0 saturated heterocycles. The third-order valence-electron chi connectivity index (χ3n) is 2.87. The van der Waals surface area contributed by atoms with Crippen molar-refractivity contribution in [3.8, 4) is 0 Å². The summed E-state index contributed by atoms with van der Waals surface area (Å²) in [6, 6.07) is 5.01. The van der Waals surface area contributed by atoms with Gasteiger partial charge in [-0.15, -0.1) is 0 Å². The van der Waals surface area contributed by atoms with E-state index in [1.165, 1.54) is 4.31 Å². The number of nitrogen functional groups attached to an aromatic ring is 1. The molecule has 0 bridgehead atoms. The van der Waals surface area contributed by atoms with Gasteiger partial charge < -0.3 is 5.73 Å². The van der Waals surface area contributed by atoms with Gasteiger partial charge in [0, 0.05) is 18.8 Å². The first-order valence-corrected chi connectivity index (χ1v) is 7.60. The Morgan fingerprint density at radius 1 is 1.33 bits per heavy atom. The minimum Gasteiger partial charge on any atom is -0.398 e. The summed E-state index contributed by atoms with van der Waals surface area (Å²) in [5.74, 6) is 0.293. The van der Waals surface area contributed by atoms with Crippen LogP contribution in [-0.4, -0.2) is 25.8 Å². The molecule has 2 N–H and O–H groups in total. The van der Waals surface area contributed by atoms with Gasteiger partial charge in [0.2, 0.25) is 10.0 Å². The van der Waals surface area contributed by atoms with Gasteiger partial charge in [-0.3, -0.25) is 0 Å². The van der Waals surface area contributed by atoms with E-state index in [9.17, 15) is 8.42 Å². The second-order valence-corrected chi connectivity index (χ2v) is 6.73. The lowest BCUT2D eigenvalue weighted by molar-refractivity contribution is 0.380. The lowest BCUT2D eigenvalue weighted by Gasteiger charge is -2.23. The van der Waals surface area contributed by atoms with Crippen LogP contribution in [0.25, 0.3) is 0 Å². The molecule has 4 nitrogen and oxygen atoms in total. The van der Waals surface area contributed by atoms with Gasteiger partial charge in [-0.1, -0.05) is 26.8 Å². The van der Waals surface area contributed by atoms with Gasteiger partial charge in [-0.2, -0.15) is 4.31 Å². The highest BCUT2D eigenvalue weighted by atomic mass is 32.2. The highest BCUT2D eigenvalue weighted by Gasteiger charge is 2.25. The lowest BCUT2D eigenvalue weighted by Crippen LogP contribution is -2.34. The molecule has 0 spiro atoms. The first-order chi connectivity index (χ1) is 8.30. The van der Waals surface area contributed by atoms with E-state index in [2.05, 4.69) is 0 Å². The first kappa shape index (κ1) is 15.0. The zero-order valence-electron chi connectivity index (χ0n) is 11.5. The number of sulfonamides is 1. The van der Waals surface area contributed by atoms with E-state index in [4.69, 9.17) is 5.73 Å². The fourth-order valence-corrected chi connectivity index (χ4v) is 3.72. The van der Waals surface area contributed by atoms with Crippen molar-refractivity contribution in [2.24, 2.45) is 5.92 Å². The van der Waals surface area contributed by atoms with E-state index >= 15 is 0 Å². The molecular weight excluding hydrogens is 248 g/mol. The zero-order chi connectivity index (χ0) is 13.9. The fraction of sp³-hybridized carbons (Fsp3) is 0.538. The smallest absolute Gasteiger partial charge is 0.243 e. The molecule has 102 valence electrons. The molecule has 0 fully saturated rings. The topological polar surface area (TPSA) is 63.4 Å². The Morgan fingerprint density at radius 3 is 2.44 bits per heavy atom. The SMILES string of the molecule is CCN(CC(C)C)S(=O)(=O)c1cccc(N)c1C. The maximum atomic E-state index is 12.5. The number of hydrogen-bond acceptors (Lipinski definition) is 3. The van der Waals surface area contributed by atoms with Crippen molar-refractivity contribution in [2.75, 3.05) is 18.8 Å². The van der Waals surface area contributed by atoms with Crippen LogP contribution in [0.15, 0.2) is 23.1 Å². The monoisotopic (exact) mass is 270 g/mol. The fourth-order valence-electron chi connectivity index (χ4n) is 1.85. The molecule has 0 aliphatic carbocycles. The normalized spacial score (nSPS) is 12.3. The molecule has 1 rings (SSSR count). The molecule has 0 atom stereocenters. The highest BCUT2D eigenvalue weighted by molar-refractivity contribution is 7.89. The minimum atomic E-state index is -3.45. The second kappa shape index (κ2) is 5.71. The van der Waals surface area contributed by atoms with Gasteiger partial charge in [-0.25, -0.2) is 8.42 Å². The number of rotatable bonds is 5. The molecule has 1 aromatic rings. The van der Waals surface area contributed by atoms with Crippen molar-refractivity contribution in [3.05, 3.63) is 23.8 Å². The summed E-state index contributed by atoms with van der Waals surface area (Å²) in [5, 5.41) is 0. The van der Waals surface area contributed by atoms with E-state index in [0.29, 0.717) is 35.2 Å². The molecule has 18 heavy (non-hydrogen) atoms. The van der Waals surface area contributed by atoms with Crippen LogP contribution >= 0.6 is 0 Å². The summed E-state index contributed by atoms with van der Waals surface area (Å²) in [4.78, 5) is 0.310. The molecule has 0 aliphatic heterocycles. The van der Waals surface area contributed by atoms with Crippen molar-refractivity contribution in [2.45, 2.75) is 32.6 Å². The van der Waals surface area contributed by atoms with Gasteiger partial charge >= 0.3 is 0 Å². The number of nitrogens with two attached hydrogens (primary N) is 1. The van der Waals surface area contributed by atoms with Gasteiger partial charge in [0.05, 0.1) is 4.90 Å². The maximum absolute atomic E-state index is 12.5. The maximum Gasteiger partial charge on any atom is 0.243 e. The molecular formula is C13H22N2O2S. The van der Waals surface area contributed by atoms with E-state index in [1.54, 1.807) is 25.1 Å². The molecule has 0 amide bonds. The summed E-state index contributed by atoms with van der Waals surface area (Å²) in [6.45, 7) is 8.59. The zero-order valence-corrected chi connectivity index (χ0v) is 12.3. The Labute approximate surface area is 110 Å². The molecule has 0 aromatic heterocycles. The summed E-state index contributed by atoms with van der Waals surface area (Å²) in [6.07, 6.45) is 0. The Kier molecular flexibility index (Phi) is 4.76. The van der Waals surface area contributed by atoms with E-state index in [0.717, 1.165) is 0 Å². The van der Waals surface area contributed by atoms with Crippen molar-refractivity contribution < 1.29 is 8.42 Å². The molecule has 0 unspecified atom stereocenters. The van der Waals surface area contributed by atoms with Crippen molar-refractivity contribution in [1.82, 2.24) is 4.31 Å². The summed E-state index contributed by atoms with van der Waals surface area (Å²) >= 11 is 0. The van der Waals surface area contributed by atoms with Crippen molar-refractivity contribution in [1.29, 1.82) is 0 Å². The molecule has 5 heteroatoms. The Hall–Kier alpha value is -1.07.